The first-order chi connectivity index (χ1) is 8.97. The summed E-state index contributed by atoms with van der Waals surface area (Å²) in [6, 6.07) is 10.1. The monoisotopic (exact) mass is 371 g/mol. The average Bonchev–Trinajstić information content (AvgIpc) is 2.32. The highest BCUT2D eigenvalue weighted by molar-refractivity contribution is 14.1. The maximum atomic E-state index is 13.0. The van der Waals surface area contributed by atoms with Crippen molar-refractivity contribution in [2.45, 2.75) is 19.9 Å². The second-order valence-electron chi connectivity index (χ2n) is 4.53. The first kappa shape index (κ1) is 14.1. The Morgan fingerprint density at radius 1 is 1.21 bits per heavy atom. The quantitative estimate of drug-likeness (QED) is 0.772. The van der Waals surface area contributed by atoms with Crippen molar-refractivity contribution in [3.05, 3.63) is 56.9 Å². The summed E-state index contributed by atoms with van der Waals surface area (Å²) in [6.45, 7) is 3.96. The van der Waals surface area contributed by atoms with E-state index in [9.17, 15) is 9.50 Å². The SMILES string of the molecule is Cc1cc(I)ccc1NC(C)c1ccc(F)cc1O. The van der Waals surface area contributed by atoms with Crippen LogP contribution in [0.4, 0.5) is 10.1 Å². The molecule has 2 aromatic rings. The van der Waals surface area contributed by atoms with Gasteiger partial charge < -0.3 is 10.4 Å². The fourth-order valence-electron chi connectivity index (χ4n) is 1.98. The molecule has 0 amide bonds. The zero-order valence-electron chi connectivity index (χ0n) is 10.7. The van der Waals surface area contributed by atoms with E-state index < -0.39 is 5.82 Å². The smallest absolute Gasteiger partial charge is 0.126 e. The molecule has 0 saturated carbocycles. The Morgan fingerprint density at radius 2 is 1.95 bits per heavy atom. The third-order valence-electron chi connectivity index (χ3n) is 3.02. The fourth-order valence-corrected chi connectivity index (χ4v) is 2.63. The maximum absolute atomic E-state index is 13.0. The molecule has 2 aromatic carbocycles. The normalized spacial score (nSPS) is 12.2. The van der Waals surface area contributed by atoms with Crippen molar-refractivity contribution in [1.82, 2.24) is 0 Å². The predicted molar refractivity (Wildman–Crippen MR) is 84.0 cm³/mol. The van der Waals surface area contributed by atoms with E-state index in [1.165, 1.54) is 9.64 Å². The fraction of sp³-hybridized carbons (Fsp3) is 0.200. The molecule has 0 aliphatic heterocycles. The van der Waals surface area contributed by atoms with Crippen molar-refractivity contribution < 1.29 is 9.50 Å². The minimum atomic E-state index is -0.432. The van der Waals surface area contributed by atoms with Gasteiger partial charge in [0.15, 0.2) is 0 Å². The van der Waals surface area contributed by atoms with E-state index in [-0.39, 0.29) is 11.8 Å². The highest BCUT2D eigenvalue weighted by Crippen LogP contribution is 2.29. The van der Waals surface area contributed by atoms with E-state index >= 15 is 0 Å². The number of anilines is 1. The van der Waals surface area contributed by atoms with Gasteiger partial charge in [-0.25, -0.2) is 4.39 Å². The highest BCUT2D eigenvalue weighted by atomic mass is 127. The summed E-state index contributed by atoms with van der Waals surface area (Å²) >= 11 is 2.27. The Balaban J connectivity index is 2.23. The van der Waals surface area contributed by atoms with Crippen molar-refractivity contribution in [3.8, 4) is 5.75 Å². The minimum absolute atomic E-state index is 0.0248. The van der Waals surface area contributed by atoms with Gasteiger partial charge in [-0.05, 0) is 66.3 Å². The summed E-state index contributed by atoms with van der Waals surface area (Å²) < 4.78 is 14.1. The molecule has 2 rings (SSSR count). The zero-order chi connectivity index (χ0) is 14.0. The lowest BCUT2D eigenvalue weighted by Crippen LogP contribution is -2.08. The molecule has 0 heterocycles. The van der Waals surface area contributed by atoms with Gasteiger partial charge in [0, 0.05) is 20.9 Å². The number of phenols is 1. The molecule has 0 aromatic heterocycles. The molecular formula is C15H15FINO. The molecule has 100 valence electrons. The Labute approximate surface area is 125 Å². The average molecular weight is 371 g/mol. The lowest BCUT2D eigenvalue weighted by molar-refractivity contribution is 0.459. The molecule has 4 heteroatoms. The van der Waals surface area contributed by atoms with Gasteiger partial charge in [0.2, 0.25) is 0 Å². The van der Waals surface area contributed by atoms with Gasteiger partial charge in [0.1, 0.15) is 11.6 Å². The number of halogens is 2. The van der Waals surface area contributed by atoms with Crippen molar-refractivity contribution in [2.24, 2.45) is 0 Å². The van der Waals surface area contributed by atoms with Crippen LogP contribution in [0.1, 0.15) is 24.1 Å². The number of rotatable bonds is 3. The van der Waals surface area contributed by atoms with Gasteiger partial charge >= 0.3 is 0 Å². The molecule has 0 saturated heterocycles. The topological polar surface area (TPSA) is 32.3 Å². The van der Waals surface area contributed by atoms with Crippen LogP contribution in [0.3, 0.4) is 0 Å². The van der Waals surface area contributed by atoms with Crippen LogP contribution in [-0.4, -0.2) is 5.11 Å². The molecule has 1 atom stereocenters. The van der Waals surface area contributed by atoms with Gasteiger partial charge in [0.05, 0.1) is 6.04 Å². The van der Waals surface area contributed by atoms with Crippen molar-refractivity contribution in [2.75, 3.05) is 5.32 Å². The van der Waals surface area contributed by atoms with E-state index in [1.54, 1.807) is 6.07 Å². The molecule has 0 bridgehead atoms. The van der Waals surface area contributed by atoms with Crippen LogP contribution in [-0.2, 0) is 0 Å². The molecule has 0 aliphatic carbocycles. The first-order valence-electron chi connectivity index (χ1n) is 5.98. The van der Waals surface area contributed by atoms with Gasteiger partial charge in [-0.15, -0.1) is 0 Å². The summed E-state index contributed by atoms with van der Waals surface area (Å²) in [5, 5.41) is 13.1. The van der Waals surface area contributed by atoms with Crippen LogP contribution in [0.5, 0.6) is 5.75 Å². The molecular weight excluding hydrogens is 356 g/mol. The molecule has 0 aliphatic rings. The van der Waals surface area contributed by atoms with Crippen molar-refractivity contribution in [1.29, 1.82) is 0 Å². The molecule has 19 heavy (non-hydrogen) atoms. The summed E-state index contributed by atoms with van der Waals surface area (Å²) in [4.78, 5) is 0. The number of hydrogen-bond donors (Lipinski definition) is 2. The molecule has 0 radical (unpaired) electrons. The maximum Gasteiger partial charge on any atom is 0.126 e. The number of nitrogens with one attached hydrogen (secondary N) is 1. The number of hydrogen-bond acceptors (Lipinski definition) is 2. The molecule has 1 unspecified atom stereocenters. The Kier molecular flexibility index (Phi) is 4.29. The van der Waals surface area contributed by atoms with Crippen molar-refractivity contribution >= 4 is 28.3 Å². The lowest BCUT2D eigenvalue weighted by atomic mass is 10.1. The lowest BCUT2D eigenvalue weighted by Gasteiger charge is -2.18. The molecule has 0 spiro atoms. The zero-order valence-corrected chi connectivity index (χ0v) is 12.9. The van der Waals surface area contributed by atoms with E-state index in [0.29, 0.717) is 5.56 Å². The molecule has 2 N–H and O–H groups in total. The summed E-state index contributed by atoms with van der Waals surface area (Å²) in [7, 11) is 0. The Bertz CT molecular complexity index is 601. The number of benzene rings is 2. The van der Waals surface area contributed by atoms with Crippen LogP contribution in [0.25, 0.3) is 0 Å². The summed E-state index contributed by atoms with van der Waals surface area (Å²) in [5.74, 6) is -0.456. The predicted octanol–water partition coefficient (Wildman–Crippen LogP) is 4.62. The minimum Gasteiger partial charge on any atom is -0.507 e. The number of phenolic OH excluding ortho intramolecular Hbond substituents is 1. The van der Waals surface area contributed by atoms with E-state index in [4.69, 9.17) is 0 Å². The third-order valence-corrected chi connectivity index (χ3v) is 3.69. The van der Waals surface area contributed by atoms with Crippen LogP contribution in [0.2, 0.25) is 0 Å². The van der Waals surface area contributed by atoms with Gasteiger partial charge in [-0.1, -0.05) is 6.07 Å². The third kappa shape index (κ3) is 3.37. The largest absolute Gasteiger partial charge is 0.507 e. The van der Waals surface area contributed by atoms with E-state index in [0.717, 1.165) is 17.3 Å². The highest BCUT2D eigenvalue weighted by Gasteiger charge is 2.12. The van der Waals surface area contributed by atoms with Crippen LogP contribution >= 0.6 is 22.6 Å². The standard InChI is InChI=1S/C15H15FINO/c1-9-7-12(17)4-6-14(9)18-10(2)13-5-3-11(16)8-15(13)19/h3-8,10,18-19H,1-2H3. The van der Waals surface area contributed by atoms with Gasteiger partial charge in [-0.2, -0.15) is 0 Å². The summed E-state index contributed by atoms with van der Waals surface area (Å²) in [5.41, 5.74) is 2.83. The first-order valence-corrected chi connectivity index (χ1v) is 7.06. The van der Waals surface area contributed by atoms with Crippen LogP contribution in [0.15, 0.2) is 36.4 Å². The molecule has 2 nitrogen and oxygen atoms in total. The van der Waals surface area contributed by atoms with Crippen LogP contribution < -0.4 is 5.32 Å². The number of aryl methyl sites for hydroxylation is 1. The van der Waals surface area contributed by atoms with Crippen LogP contribution in [0, 0.1) is 16.3 Å². The summed E-state index contributed by atoms with van der Waals surface area (Å²) in [6.07, 6.45) is 0. The number of aromatic hydroxyl groups is 1. The van der Waals surface area contributed by atoms with E-state index in [2.05, 4.69) is 34.0 Å². The second-order valence-corrected chi connectivity index (χ2v) is 5.77. The van der Waals surface area contributed by atoms with E-state index in [1.807, 2.05) is 26.0 Å². The van der Waals surface area contributed by atoms with Crippen molar-refractivity contribution in [3.63, 3.8) is 0 Å². The second kappa shape index (κ2) is 5.77. The van der Waals surface area contributed by atoms with Gasteiger partial charge in [0.25, 0.3) is 0 Å². The van der Waals surface area contributed by atoms with Gasteiger partial charge in [-0.3, -0.25) is 0 Å². The Hall–Kier alpha value is -1.30. The molecule has 0 fully saturated rings. The Morgan fingerprint density at radius 3 is 2.58 bits per heavy atom.